The maximum absolute atomic E-state index is 10.9. The first-order valence-corrected chi connectivity index (χ1v) is 7.82. The average Bonchev–Trinajstić information content (AvgIpc) is 2.37. The second kappa shape index (κ2) is 6.39. The van der Waals surface area contributed by atoms with Crippen molar-refractivity contribution in [3.05, 3.63) is 62.6 Å². The normalized spacial score (nSPS) is 13.8. The molecular weight excluding hydrogens is 352 g/mol. The number of ether oxygens (including phenoxy) is 1. The van der Waals surface area contributed by atoms with Crippen molar-refractivity contribution in [1.82, 2.24) is 0 Å². The van der Waals surface area contributed by atoms with Crippen LogP contribution in [0.1, 0.15) is 23.6 Å². The highest BCUT2D eigenvalue weighted by Gasteiger charge is 2.27. The van der Waals surface area contributed by atoms with Crippen LogP contribution >= 0.6 is 27.5 Å². The number of hydrogen-bond acceptors (Lipinski definition) is 2. The molecular formula is C17H18BrClO2. The van der Waals surface area contributed by atoms with Crippen LogP contribution in [0.3, 0.4) is 0 Å². The molecule has 21 heavy (non-hydrogen) atoms. The molecule has 0 heterocycles. The average molecular weight is 370 g/mol. The van der Waals surface area contributed by atoms with Gasteiger partial charge in [-0.2, -0.15) is 0 Å². The van der Waals surface area contributed by atoms with Crippen molar-refractivity contribution in [3.63, 3.8) is 0 Å². The molecule has 0 spiro atoms. The van der Waals surface area contributed by atoms with Crippen LogP contribution < -0.4 is 4.74 Å². The first-order valence-electron chi connectivity index (χ1n) is 6.65. The van der Waals surface area contributed by atoms with Gasteiger partial charge in [-0.25, -0.2) is 0 Å². The lowest BCUT2D eigenvalue weighted by Crippen LogP contribution is -2.25. The van der Waals surface area contributed by atoms with Crippen LogP contribution in [-0.4, -0.2) is 12.2 Å². The Morgan fingerprint density at radius 1 is 1.24 bits per heavy atom. The van der Waals surface area contributed by atoms with Gasteiger partial charge in [0.15, 0.2) is 0 Å². The number of hydrogen-bond donors (Lipinski definition) is 1. The van der Waals surface area contributed by atoms with E-state index in [1.165, 1.54) is 0 Å². The van der Waals surface area contributed by atoms with Gasteiger partial charge in [0, 0.05) is 21.5 Å². The highest BCUT2D eigenvalue weighted by atomic mass is 79.9. The van der Waals surface area contributed by atoms with E-state index in [-0.39, 0.29) is 0 Å². The van der Waals surface area contributed by atoms with Gasteiger partial charge < -0.3 is 9.84 Å². The molecule has 0 saturated heterocycles. The Labute approximate surface area is 138 Å². The highest BCUT2D eigenvalue weighted by molar-refractivity contribution is 9.10. The van der Waals surface area contributed by atoms with Gasteiger partial charge in [-0.1, -0.05) is 51.3 Å². The molecule has 2 aromatic rings. The van der Waals surface area contributed by atoms with E-state index in [1.807, 2.05) is 37.3 Å². The van der Waals surface area contributed by atoms with E-state index in [1.54, 1.807) is 20.1 Å². The molecule has 2 aromatic carbocycles. The third-order valence-electron chi connectivity index (χ3n) is 3.48. The molecule has 0 radical (unpaired) electrons. The summed E-state index contributed by atoms with van der Waals surface area (Å²) in [6.07, 6.45) is 0.430. The summed E-state index contributed by atoms with van der Waals surface area (Å²) in [4.78, 5) is 0. The molecule has 112 valence electrons. The molecule has 0 aromatic heterocycles. The van der Waals surface area contributed by atoms with E-state index in [9.17, 15) is 5.11 Å². The Bertz CT molecular complexity index is 653. The smallest absolute Gasteiger partial charge is 0.122 e. The number of benzene rings is 2. The molecule has 1 atom stereocenters. The fourth-order valence-electron chi connectivity index (χ4n) is 2.44. The SMILES string of the molecule is COc1ccc(C)cc1CC(C)(O)c1ccc(Br)cc1Cl. The summed E-state index contributed by atoms with van der Waals surface area (Å²) >= 11 is 9.64. The van der Waals surface area contributed by atoms with Crippen LogP contribution in [0.15, 0.2) is 40.9 Å². The van der Waals surface area contributed by atoms with Crippen molar-refractivity contribution >= 4 is 27.5 Å². The van der Waals surface area contributed by atoms with Crippen molar-refractivity contribution < 1.29 is 9.84 Å². The molecule has 1 unspecified atom stereocenters. The fourth-order valence-corrected chi connectivity index (χ4v) is 3.31. The summed E-state index contributed by atoms with van der Waals surface area (Å²) in [5, 5.41) is 11.4. The van der Waals surface area contributed by atoms with Crippen LogP contribution in [-0.2, 0) is 12.0 Å². The first kappa shape index (κ1) is 16.3. The quantitative estimate of drug-likeness (QED) is 0.833. The van der Waals surface area contributed by atoms with Crippen molar-refractivity contribution in [2.75, 3.05) is 7.11 Å². The largest absolute Gasteiger partial charge is 0.496 e. The van der Waals surface area contributed by atoms with Crippen molar-refractivity contribution in [2.45, 2.75) is 25.9 Å². The van der Waals surface area contributed by atoms with Crippen LogP contribution in [0.4, 0.5) is 0 Å². The zero-order chi connectivity index (χ0) is 15.6. The number of halogens is 2. The Balaban J connectivity index is 2.39. The number of rotatable bonds is 4. The Hall–Kier alpha value is -1.03. The molecule has 0 aliphatic rings. The van der Waals surface area contributed by atoms with Gasteiger partial charge in [0.2, 0.25) is 0 Å². The van der Waals surface area contributed by atoms with Gasteiger partial charge in [0.1, 0.15) is 5.75 Å². The van der Waals surface area contributed by atoms with Gasteiger partial charge in [-0.15, -0.1) is 0 Å². The topological polar surface area (TPSA) is 29.5 Å². The first-order chi connectivity index (χ1) is 9.83. The van der Waals surface area contributed by atoms with E-state index in [0.717, 1.165) is 21.3 Å². The summed E-state index contributed by atoms with van der Waals surface area (Å²) in [6.45, 7) is 3.79. The van der Waals surface area contributed by atoms with Gasteiger partial charge in [0.05, 0.1) is 12.7 Å². The molecule has 4 heteroatoms. The molecule has 0 aliphatic heterocycles. The minimum Gasteiger partial charge on any atom is -0.496 e. The maximum atomic E-state index is 10.9. The third-order valence-corrected chi connectivity index (χ3v) is 4.29. The van der Waals surface area contributed by atoms with Crippen LogP contribution in [0.5, 0.6) is 5.75 Å². The predicted molar refractivity (Wildman–Crippen MR) is 90.2 cm³/mol. The van der Waals surface area contributed by atoms with E-state index in [0.29, 0.717) is 17.0 Å². The highest BCUT2D eigenvalue weighted by Crippen LogP contribution is 2.35. The zero-order valence-corrected chi connectivity index (χ0v) is 14.6. The minimum absolute atomic E-state index is 0.430. The second-order valence-corrected chi connectivity index (χ2v) is 6.71. The molecule has 0 aliphatic carbocycles. The number of methoxy groups -OCH3 is 1. The summed E-state index contributed by atoms with van der Waals surface area (Å²) in [6, 6.07) is 11.4. The summed E-state index contributed by atoms with van der Waals surface area (Å²) < 4.78 is 6.27. The lowest BCUT2D eigenvalue weighted by molar-refractivity contribution is 0.0570. The van der Waals surface area contributed by atoms with Gasteiger partial charge in [-0.3, -0.25) is 0 Å². The number of aliphatic hydroxyl groups is 1. The third kappa shape index (κ3) is 3.79. The monoisotopic (exact) mass is 368 g/mol. The van der Waals surface area contributed by atoms with Crippen molar-refractivity contribution in [2.24, 2.45) is 0 Å². The lowest BCUT2D eigenvalue weighted by Gasteiger charge is -2.26. The van der Waals surface area contributed by atoms with E-state index >= 15 is 0 Å². The van der Waals surface area contributed by atoms with Gasteiger partial charge >= 0.3 is 0 Å². The Kier molecular flexibility index (Phi) is 4.97. The Morgan fingerprint density at radius 3 is 2.57 bits per heavy atom. The molecule has 2 nitrogen and oxygen atoms in total. The van der Waals surface area contributed by atoms with Crippen LogP contribution in [0.2, 0.25) is 5.02 Å². The van der Waals surface area contributed by atoms with Gasteiger partial charge in [-0.05, 0) is 37.6 Å². The summed E-state index contributed by atoms with van der Waals surface area (Å²) in [7, 11) is 1.63. The van der Waals surface area contributed by atoms with Crippen molar-refractivity contribution in [1.29, 1.82) is 0 Å². The maximum Gasteiger partial charge on any atom is 0.122 e. The molecule has 0 saturated carbocycles. The van der Waals surface area contributed by atoms with E-state index in [2.05, 4.69) is 15.9 Å². The standard InChI is InChI=1S/C17H18BrClO2/c1-11-4-7-16(21-3)12(8-11)10-17(2,20)14-6-5-13(18)9-15(14)19/h4-9,20H,10H2,1-3H3. The lowest BCUT2D eigenvalue weighted by atomic mass is 9.88. The Morgan fingerprint density at radius 2 is 1.95 bits per heavy atom. The van der Waals surface area contributed by atoms with E-state index in [4.69, 9.17) is 16.3 Å². The second-order valence-electron chi connectivity index (χ2n) is 5.39. The number of aryl methyl sites for hydroxylation is 1. The van der Waals surface area contributed by atoms with E-state index < -0.39 is 5.60 Å². The van der Waals surface area contributed by atoms with Crippen LogP contribution in [0.25, 0.3) is 0 Å². The van der Waals surface area contributed by atoms with Crippen molar-refractivity contribution in [3.8, 4) is 5.75 Å². The minimum atomic E-state index is -1.07. The van der Waals surface area contributed by atoms with Crippen LogP contribution in [0, 0.1) is 6.92 Å². The zero-order valence-electron chi connectivity index (χ0n) is 12.3. The van der Waals surface area contributed by atoms with Gasteiger partial charge in [0.25, 0.3) is 0 Å². The summed E-state index contributed by atoms with van der Waals surface area (Å²) in [5.74, 6) is 0.772. The molecule has 1 N–H and O–H groups in total. The molecule has 0 amide bonds. The molecule has 0 bridgehead atoms. The molecule has 0 fully saturated rings. The predicted octanol–water partition coefficient (Wildman–Crippen LogP) is 4.87. The molecule has 2 rings (SSSR count). The summed E-state index contributed by atoms with van der Waals surface area (Å²) in [5.41, 5.74) is 1.72. The fraction of sp³-hybridized carbons (Fsp3) is 0.294.